The van der Waals surface area contributed by atoms with E-state index < -0.39 is 15.9 Å². The van der Waals surface area contributed by atoms with Gasteiger partial charge >= 0.3 is 0 Å². The molecule has 0 saturated heterocycles. The first-order chi connectivity index (χ1) is 6.65. The summed E-state index contributed by atoms with van der Waals surface area (Å²) in [6.07, 6.45) is 0. The highest BCUT2D eigenvalue weighted by molar-refractivity contribution is 7.82. The van der Waals surface area contributed by atoms with Gasteiger partial charge in [0.15, 0.2) is 0 Å². The maximum absolute atomic E-state index is 11.2. The SMILES string of the molecule is CON[S@](=O)c1ccc([N+](=O)[O-])cc1. The summed E-state index contributed by atoms with van der Waals surface area (Å²) in [7, 11) is -0.163. The van der Waals surface area contributed by atoms with Crippen LogP contribution in [-0.2, 0) is 15.8 Å². The van der Waals surface area contributed by atoms with Gasteiger partial charge in [-0.3, -0.25) is 15.0 Å². The third-order valence-corrected chi connectivity index (χ3v) is 2.44. The number of rotatable bonds is 4. The number of nitro benzene ring substituents is 1. The van der Waals surface area contributed by atoms with Crippen molar-refractivity contribution < 1.29 is 14.0 Å². The van der Waals surface area contributed by atoms with Gasteiger partial charge in [0.2, 0.25) is 0 Å². The Kier molecular flexibility index (Phi) is 3.69. The van der Waals surface area contributed by atoms with Crippen molar-refractivity contribution >= 4 is 16.7 Å². The van der Waals surface area contributed by atoms with Crippen molar-refractivity contribution in [2.24, 2.45) is 0 Å². The second kappa shape index (κ2) is 4.80. The maximum Gasteiger partial charge on any atom is 0.269 e. The molecular formula is C7H8N2O4S. The normalized spacial score (nSPS) is 12.4. The van der Waals surface area contributed by atoms with Gasteiger partial charge in [0.05, 0.1) is 16.9 Å². The lowest BCUT2D eigenvalue weighted by atomic mass is 10.3. The Morgan fingerprint density at radius 1 is 1.43 bits per heavy atom. The van der Waals surface area contributed by atoms with Crippen LogP contribution in [-0.4, -0.2) is 16.2 Å². The third kappa shape index (κ3) is 2.59. The summed E-state index contributed by atoms with van der Waals surface area (Å²) in [5.41, 5.74) is -0.0387. The van der Waals surface area contributed by atoms with E-state index in [1.807, 2.05) is 0 Å². The number of hydrogen-bond acceptors (Lipinski definition) is 4. The fourth-order valence-corrected chi connectivity index (χ4v) is 1.45. The molecule has 0 aliphatic heterocycles. The van der Waals surface area contributed by atoms with Crippen molar-refractivity contribution in [3.05, 3.63) is 34.4 Å². The van der Waals surface area contributed by atoms with Crippen LogP contribution >= 0.6 is 0 Å². The van der Waals surface area contributed by atoms with Crippen LogP contribution < -0.4 is 4.89 Å². The molecule has 1 aromatic rings. The summed E-state index contributed by atoms with van der Waals surface area (Å²) in [5, 5.41) is 10.3. The molecule has 0 aliphatic carbocycles. The van der Waals surface area contributed by atoms with E-state index in [1.54, 1.807) is 0 Å². The lowest BCUT2D eigenvalue weighted by Crippen LogP contribution is -2.15. The summed E-state index contributed by atoms with van der Waals surface area (Å²) in [6.45, 7) is 0. The summed E-state index contributed by atoms with van der Waals surface area (Å²) in [6, 6.07) is 5.37. The van der Waals surface area contributed by atoms with E-state index in [1.165, 1.54) is 31.4 Å². The van der Waals surface area contributed by atoms with Crippen molar-refractivity contribution in [2.45, 2.75) is 4.90 Å². The van der Waals surface area contributed by atoms with Gasteiger partial charge in [0, 0.05) is 12.1 Å². The topological polar surface area (TPSA) is 81.5 Å². The predicted octanol–water partition coefficient (Wildman–Crippen LogP) is 0.768. The molecule has 1 atom stereocenters. The second-order valence-corrected chi connectivity index (χ2v) is 3.48. The van der Waals surface area contributed by atoms with Gasteiger partial charge < -0.3 is 0 Å². The van der Waals surface area contributed by atoms with Crippen LogP contribution in [0.2, 0.25) is 0 Å². The zero-order valence-corrected chi connectivity index (χ0v) is 8.11. The first-order valence-electron chi connectivity index (χ1n) is 3.60. The van der Waals surface area contributed by atoms with E-state index in [4.69, 9.17) is 0 Å². The Morgan fingerprint density at radius 2 is 2.00 bits per heavy atom. The van der Waals surface area contributed by atoms with Crippen LogP contribution in [0.3, 0.4) is 0 Å². The van der Waals surface area contributed by atoms with Crippen molar-refractivity contribution in [3.63, 3.8) is 0 Å². The highest BCUT2D eigenvalue weighted by atomic mass is 32.2. The number of nitrogens with zero attached hydrogens (tertiary/aromatic N) is 1. The molecule has 6 nitrogen and oxygen atoms in total. The molecule has 0 unspecified atom stereocenters. The van der Waals surface area contributed by atoms with Gasteiger partial charge in [-0.2, -0.15) is 0 Å². The first kappa shape index (κ1) is 10.8. The molecule has 7 heteroatoms. The molecule has 0 spiro atoms. The van der Waals surface area contributed by atoms with Crippen molar-refractivity contribution in [1.82, 2.24) is 4.89 Å². The molecule has 1 N–H and O–H groups in total. The molecule has 0 radical (unpaired) electrons. The van der Waals surface area contributed by atoms with Gasteiger partial charge in [-0.15, -0.1) is 4.89 Å². The van der Waals surface area contributed by atoms with Crippen molar-refractivity contribution in [2.75, 3.05) is 7.11 Å². The fourth-order valence-electron chi connectivity index (χ4n) is 0.815. The van der Waals surface area contributed by atoms with E-state index in [2.05, 4.69) is 9.72 Å². The number of nitro groups is 1. The molecule has 0 aromatic heterocycles. The number of benzene rings is 1. The number of non-ortho nitro benzene ring substituents is 1. The molecule has 1 rings (SSSR count). The Labute approximate surface area is 82.6 Å². The molecule has 0 fully saturated rings. The summed E-state index contributed by atoms with van der Waals surface area (Å²) < 4.78 is 11.2. The van der Waals surface area contributed by atoms with E-state index in [0.29, 0.717) is 4.90 Å². The minimum atomic E-state index is -1.50. The average Bonchev–Trinajstić information content (AvgIpc) is 2.18. The Bertz CT molecular complexity index is 351. The molecule has 0 aliphatic rings. The smallest absolute Gasteiger partial charge is 0.269 e. The van der Waals surface area contributed by atoms with Gasteiger partial charge in [-0.25, -0.2) is 4.21 Å². The molecule has 0 amide bonds. The van der Waals surface area contributed by atoms with E-state index >= 15 is 0 Å². The van der Waals surface area contributed by atoms with Gasteiger partial charge in [0.1, 0.15) is 11.0 Å². The fraction of sp³-hybridized carbons (Fsp3) is 0.143. The van der Waals surface area contributed by atoms with E-state index in [-0.39, 0.29) is 5.69 Å². The van der Waals surface area contributed by atoms with E-state index in [9.17, 15) is 14.3 Å². The quantitative estimate of drug-likeness (QED) is 0.595. The van der Waals surface area contributed by atoms with Gasteiger partial charge in [0.25, 0.3) is 5.69 Å². The summed E-state index contributed by atoms with van der Waals surface area (Å²) in [4.78, 5) is 16.9. The van der Waals surface area contributed by atoms with Crippen LogP contribution in [0.15, 0.2) is 29.2 Å². The van der Waals surface area contributed by atoms with Crippen LogP contribution in [0.4, 0.5) is 5.69 Å². The Balaban J connectivity index is 2.83. The molecular weight excluding hydrogens is 208 g/mol. The summed E-state index contributed by atoms with van der Waals surface area (Å²) >= 11 is 0. The van der Waals surface area contributed by atoms with Crippen LogP contribution in [0.1, 0.15) is 0 Å². The van der Waals surface area contributed by atoms with Crippen LogP contribution in [0.5, 0.6) is 0 Å². The summed E-state index contributed by atoms with van der Waals surface area (Å²) in [5.74, 6) is 0. The molecule has 0 heterocycles. The van der Waals surface area contributed by atoms with Crippen LogP contribution in [0.25, 0.3) is 0 Å². The molecule has 0 saturated carbocycles. The first-order valence-corrected chi connectivity index (χ1v) is 4.75. The van der Waals surface area contributed by atoms with Crippen LogP contribution in [0, 0.1) is 10.1 Å². The lowest BCUT2D eigenvalue weighted by molar-refractivity contribution is -0.384. The van der Waals surface area contributed by atoms with Crippen molar-refractivity contribution in [1.29, 1.82) is 0 Å². The number of nitrogens with one attached hydrogen (secondary N) is 1. The molecule has 76 valence electrons. The zero-order valence-electron chi connectivity index (χ0n) is 7.30. The lowest BCUT2D eigenvalue weighted by Gasteiger charge is -2.00. The zero-order chi connectivity index (χ0) is 10.6. The molecule has 14 heavy (non-hydrogen) atoms. The number of hydrogen-bond donors (Lipinski definition) is 1. The van der Waals surface area contributed by atoms with E-state index in [0.717, 1.165) is 0 Å². The standard InChI is InChI=1S/C7H8N2O4S/c1-13-8-14(12)7-4-2-6(3-5-7)9(10)11/h2-5,8H,1H3/t14-/m1/s1. The highest BCUT2D eigenvalue weighted by Gasteiger charge is 2.07. The third-order valence-electron chi connectivity index (χ3n) is 1.42. The maximum atomic E-state index is 11.2. The van der Waals surface area contributed by atoms with Crippen molar-refractivity contribution in [3.8, 4) is 0 Å². The highest BCUT2D eigenvalue weighted by Crippen LogP contribution is 2.13. The Hall–Kier alpha value is -1.31. The van der Waals surface area contributed by atoms with Gasteiger partial charge in [-0.1, -0.05) is 0 Å². The van der Waals surface area contributed by atoms with Gasteiger partial charge in [-0.05, 0) is 12.1 Å². The molecule has 0 bridgehead atoms. The molecule has 1 aromatic carbocycles. The minimum absolute atomic E-state index is 0.0387. The predicted molar refractivity (Wildman–Crippen MR) is 49.6 cm³/mol. The average molecular weight is 216 g/mol. The second-order valence-electron chi connectivity index (χ2n) is 2.31. The largest absolute Gasteiger partial charge is 0.292 e. The Morgan fingerprint density at radius 3 is 2.43 bits per heavy atom. The monoisotopic (exact) mass is 216 g/mol. The minimum Gasteiger partial charge on any atom is -0.292 e.